The van der Waals surface area contributed by atoms with Gasteiger partial charge in [-0.15, -0.1) is 0 Å². The molecule has 0 unspecified atom stereocenters. The largest absolute Gasteiger partial charge is 0.492 e. The lowest BCUT2D eigenvalue weighted by Gasteiger charge is -2.31. The van der Waals surface area contributed by atoms with Crippen LogP contribution in [0.15, 0.2) is 30.5 Å². The highest BCUT2D eigenvalue weighted by atomic mass is 35.5. The summed E-state index contributed by atoms with van der Waals surface area (Å²) >= 11 is 6.28. The summed E-state index contributed by atoms with van der Waals surface area (Å²) in [6.07, 6.45) is 1.35. The molecule has 2 aromatic rings. The maximum absolute atomic E-state index is 12.9. The van der Waals surface area contributed by atoms with Crippen molar-refractivity contribution in [1.82, 2.24) is 20.3 Å². The predicted molar refractivity (Wildman–Crippen MR) is 125 cm³/mol. The van der Waals surface area contributed by atoms with Crippen LogP contribution in [0.3, 0.4) is 0 Å². The Morgan fingerprint density at radius 2 is 2.00 bits per heavy atom. The molecule has 10 heteroatoms. The Labute approximate surface area is 199 Å². The molecule has 3 rings (SSSR count). The predicted octanol–water partition coefficient (Wildman–Crippen LogP) is 2.91. The van der Waals surface area contributed by atoms with E-state index in [1.54, 1.807) is 29.3 Å². The third-order valence-corrected chi connectivity index (χ3v) is 5.11. The van der Waals surface area contributed by atoms with Crippen LogP contribution in [0, 0.1) is 16.7 Å². The van der Waals surface area contributed by atoms with Crippen molar-refractivity contribution in [2.45, 2.75) is 20.8 Å². The number of hydrogen-bond acceptors (Lipinski definition) is 8. The van der Waals surface area contributed by atoms with E-state index in [0.29, 0.717) is 24.5 Å². The summed E-state index contributed by atoms with van der Waals surface area (Å²) < 4.78 is 11.2. The number of nitrogens with zero attached hydrogens (tertiary/aromatic N) is 5. The van der Waals surface area contributed by atoms with Crippen LogP contribution in [0.1, 0.15) is 37.0 Å². The number of halogens is 1. The molecule has 0 saturated carbocycles. The number of nitriles is 1. The minimum atomic E-state index is -0.327. The maximum atomic E-state index is 12.9. The summed E-state index contributed by atoms with van der Waals surface area (Å²) in [7, 11) is 0. The smallest absolute Gasteiger partial charge is 0.269 e. The van der Waals surface area contributed by atoms with E-state index < -0.39 is 0 Å². The number of morpholine rings is 1. The van der Waals surface area contributed by atoms with Gasteiger partial charge in [0.2, 0.25) is 5.82 Å². The Balaban J connectivity index is 1.64. The second kappa shape index (κ2) is 11.3. The van der Waals surface area contributed by atoms with Gasteiger partial charge in [-0.2, -0.15) is 10.2 Å². The molecule has 1 aliphatic rings. The quantitative estimate of drug-likeness (QED) is 0.585. The molecule has 0 bridgehead atoms. The van der Waals surface area contributed by atoms with E-state index in [9.17, 15) is 4.79 Å². The Morgan fingerprint density at radius 1 is 1.30 bits per heavy atom. The van der Waals surface area contributed by atoms with E-state index in [4.69, 9.17) is 26.3 Å². The topological polar surface area (TPSA) is 104 Å². The van der Waals surface area contributed by atoms with Crippen molar-refractivity contribution in [3.63, 3.8) is 0 Å². The number of amides is 1. The van der Waals surface area contributed by atoms with Crippen molar-refractivity contribution in [3.8, 4) is 11.8 Å². The van der Waals surface area contributed by atoms with E-state index in [0.717, 1.165) is 32.8 Å². The molecule has 0 aliphatic carbocycles. The van der Waals surface area contributed by atoms with Crippen molar-refractivity contribution in [1.29, 1.82) is 5.26 Å². The zero-order valence-corrected chi connectivity index (χ0v) is 19.9. The molecule has 1 fully saturated rings. The highest BCUT2D eigenvalue weighted by Crippen LogP contribution is 2.25. The molecule has 33 heavy (non-hydrogen) atoms. The fourth-order valence-corrected chi connectivity index (χ4v) is 3.44. The lowest BCUT2D eigenvalue weighted by atomic mass is 9.97. The normalized spacial score (nSPS) is 14.4. The first-order chi connectivity index (χ1) is 15.7. The van der Waals surface area contributed by atoms with Gasteiger partial charge in [0.05, 0.1) is 19.4 Å². The van der Waals surface area contributed by atoms with Crippen molar-refractivity contribution in [2.75, 3.05) is 51.0 Å². The van der Waals surface area contributed by atoms with Crippen LogP contribution in [0.25, 0.3) is 0 Å². The van der Waals surface area contributed by atoms with Crippen LogP contribution in [0.5, 0.6) is 5.75 Å². The van der Waals surface area contributed by atoms with Crippen LogP contribution in [0.4, 0.5) is 5.82 Å². The molecule has 1 amide bonds. The fraction of sp³-hybridized carbons (Fsp3) is 0.478. The van der Waals surface area contributed by atoms with Crippen LogP contribution in [-0.2, 0) is 4.74 Å². The molecule has 0 spiro atoms. The number of hydrogen-bond donors (Lipinski definition) is 1. The van der Waals surface area contributed by atoms with Gasteiger partial charge in [0.25, 0.3) is 5.91 Å². The number of rotatable bonds is 8. The molecule has 1 aromatic heterocycles. The van der Waals surface area contributed by atoms with Crippen molar-refractivity contribution < 1.29 is 14.3 Å². The minimum absolute atomic E-state index is 0.0267. The molecule has 1 saturated heterocycles. The Kier molecular flexibility index (Phi) is 8.44. The summed E-state index contributed by atoms with van der Waals surface area (Å²) in [5.74, 6) is 0.617. The standard InChI is InChI=1S/C23H29ClN6O3/c1-23(2,3)16-30(21-19(24)15-26-20(14-25)27-21)28-22(31)17-4-6-18(7-5-17)33-13-10-29-8-11-32-12-9-29/h4-7,15H,8-13,16H2,1-3H3,(H,28,31). The number of aromatic nitrogens is 2. The molecule has 1 aromatic carbocycles. The number of nitrogens with one attached hydrogen (secondary N) is 1. The van der Waals surface area contributed by atoms with Crippen LogP contribution >= 0.6 is 11.6 Å². The number of carbonyl (C=O) groups is 1. The van der Waals surface area contributed by atoms with Crippen LogP contribution < -0.4 is 15.2 Å². The van der Waals surface area contributed by atoms with Gasteiger partial charge >= 0.3 is 0 Å². The molecule has 9 nitrogen and oxygen atoms in total. The minimum Gasteiger partial charge on any atom is -0.492 e. The molecule has 1 N–H and O–H groups in total. The lowest BCUT2D eigenvalue weighted by Crippen LogP contribution is -2.47. The van der Waals surface area contributed by atoms with Gasteiger partial charge in [0.15, 0.2) is 5.82 Å². The van der Waals surface area contributed by atoms with Gasteiger partial charge in [-0.25, -0.2) is 4.98 Å². The molecule has 0 atom stereocenters. The summed E-state index contributed by atoms with van der Waals surface area (Å²) in [4.78, 5) is 23.3. The van der Waals surface area contributed by atoms with E-state index in [1.165, 1.54) is 6.20 Å². The molecular formula is C23H29ClN6O3. The first-order valence-electron chi connectivity index (χ1n) is 10.8. The molecule has 2 heterocycles. The average Bonchev–Trinajstić information content (AvgIpc) is 2.79. The van der Waals surface area contributed by atoms with Crippen molar-refractivity contribution >= 4 is 23.3 Å². The summed E-state index contributed by atoms with van der Waals surface area (Å²) in [6, 6.07) is 8.85. The summed E-state index contributed by atoms with van der Waals surface area (Å²) in [5, 5.41) is 10.9. The Bertz CT molecular complexity index is 981. The highest BCUT2D eigenvalue weighted by Gasteiger charge is 2.23. The third kappa shape index (κ3) is 7.56. The third-order valence-electron chi connectivity index (χ3n) is 4.85. The van der Waals surface area contributed by atoms with Crippen LogP contribution in [-0.4, -0.2) is 66.8 Å². The fourth-order valence-electron chi connectivity index (χ4n) is 3.25. The second-order valence-corrected chi connectivity index (χ2v) is 9.30. The van der Waals surface area contributed by atoms with Gasteiger partial charge in [0, 0.05) is 31.7 Å². The molecule has 1 aliphatic heterocycles. The summed E-state index contributed by atoms with van der Waals surface area (Å²) in [5.41, 5.74) is 3.13. The number of anilines is 1. The molecule has 0 radical (unpaired) electrons. The van der Waals surface area contributed by atoms with Gasteiger partial charge in [-0.1, -0.05) is 32.4 Å². The average molecular weight is 473 g/mol. The summed E-state index contributed by atoms with van der Waals surface area (Å²) in [6.45, 7) is 11.2. The number of hydrazine groups is 1. The lowest BCUT2D eigenvalue weighted by molar-refractivity contribution is 0.0322. The molecular weight excluding hydrogens is 444 g/mol. The van der Waals surface area contributed by atoms with Gasteiger partial charge in [-0.05, 0) is 29.7 Å². The SMILES string of the molecule is CC(C)(C)CN(NC(=O)c1ccc(OCCN2CCOCC2)cc1)c1nc(C#N)ncc1Cl. The van der Waals surface area contributed by atoms with Crippen molar-refractivity contribution in [2.24, 2.45) is 5.41 Å². The van der Waals surface area contributed by atoms with Gasteiger partial charge in [-0.3, -0.25) is 20.1 Å². The first kappa shape index (κ1) is 24.7. The van der Waals surface area contributed by atoms with E-state index in [-0.39, 0.29) is 28.0 Å². The Morgan fingerprint density at radius 3 is 2.64 bits per heavy atom. The molecule has 176 valence electrons. The monoisotopic (exact) mass is 472 g/mol. The maximum Gasteiger partial charge on any atom is 0.269 e. The van der Waals surface area contributed by atoms with Gasteiger partial charge < -0.3 is 9.47 Å². The first-order valence-corrected chi connectivity index (χ1v) is 11.2. The number of ether oxygens (including phenoxy) is 2. The van der Waals surface area contributed by atoms with E-state index in [1.807, 2.05) is 26.8 Å². The van der Waals surface area contributed by atoms with Crippen molar-refractivity contribution in [3.05, 3.63) is 46.9 Å². The van der Waals surface area contributed by atoms with E-state index >= 15 is 0 Å². The zero-order chi connectivity index (χ0) is 23.8. The number of benzene rings is 1. The van der Waals surface area contributed by atoms with Gasteiger partial charge in [0.1, 0.15) is 23.4 Å². The van der Waals surface area contributed by atoms with E-state index in [2.05, 4.69) is 20.3 Å². The Hall–Kier alpha value is -2.93. The van der Waals surface area contributed by atoms with Crippen LogP contribution in [0.2, 0.25) is 5.02 Å². The zero-order valence-electron chi connectivity index (χ0n) is 19.2. The number of carbonyl (C=O) groups excluding carboxylic acids is 1. The second-order valence-electron chi connectivity index (χ2n) is 8.89. The highest BCUT2D eigenvalue weighted by molar-refractivity contribution is 6.32.